The van der Waals surface area contributed by atoms with E-state index in [4.69, 9.17) is 16.3 Å². The molecule has 9 heteroatoms. The summed E-state index contributed by atoms with van der Waals surface area (Å²) in [5.41, 5.74) is 1.66. The minimum absolute atomic E-state index is 0.0524. The van der Waals surface area contributed by atoms with Gasteiger partial charge in [-0.1, -0.05) is 30.7 Å². The lowest BCUT2D eigenvalue weighted by atomic mass is 9.95. The number of ether oxygens (including phenoxy) is 1. The summed E-state index contributed by atoms with van der Waals surface area (Å²) in [6.45, 7) is 6.23. The molecule has 2 aliphatic rings. The van der Waals surface area contributed by atoms with Crippen molar-refractivity contribution in [3.8, 4) is 0 Å². The summed E-state index contributed by atoms with van der Waals surface area (Å²) < 4.78 is 5.64. The number of nitrogens with one attached hydrogen (secondary N) is 1. The largest absolute Gasteiger partial charge is 0.443 e. The maximum absolute atomic E-state index is 13.0. The predicted molar refractivity (Wildman–Crippen MR) is 144 cm³/mol. The van der Waals surface area contributed by atoms with Gasteiger partial charge in [0.15, 0.2) is 0 Å². The molecule has 0 bridgehead atoms. The minimum atomic E-state index is -0.643. The third-order valence-corrected chi connectivity index (χ3v) is 6.80. The number of carbonyl (C=O) groups excluding carboxylic acids is 4. The summed E-state index contributed by atoms with van der Waals surface area (Å²) >= 11 is 6.31. The molecule has 0 radical (unpaired) electrons. The molecule has 0 aliphatic carbocycles. The molecule has 1 unspecified atom stereocenters. The van der Waals surface area contributed by atoms with Gasteiger partial charge in [0.1, 0.15) is 5.60 Å². The lowest BCUT2D eigenvalue weighted by Gasteiger charge is -2.25. The molecular formula is C28H32ClN3O5. The topological polar surface area (TPSA) is 96.0 Å². The monoisotopic (exact) mass is 525 g/mol. The third-order valence-electron chi connectivity index (χ3n) is 6.43. The van der Waals surface area contributed by atoms with Crippen molar-refractivity contribution in [3.05, 3.63) is 48.0 Å². The first-order chi connectivity index (χ1) is 17.6. The van der Waals surface area contributed by atoms with Gasteiger partial charge in [0.2, 0.25) is 5.91 Å². The molecule has 0 saturated carbocycles. The lowest BCUT2D eigenvalue weighted by molar-refractivity contribution is -0.136. The van der Waals surface area contributed by atoms with Gasteiger partial charge in [-0.05, 0) is 50.6 Å². The van der Waals surface area contributed by atoms with Crippen LogP contribution >= 0.6 is 11.6 Å². The van der Waals surface area contributed by atoms with Gasteiger partial charge >= 0.3 is 6.09 Å². The van der Waals surface area contributed by atoms with Crippen LogP contribution < -0.4 is 10.2 Å². The number of carbonyl (C=O) groups is 4. The van der Waals surface area contributed by atoms with Crippen LogP contribution in [0.1, 0.15) is 57.9 Å². The van der Waals surface area contributed by atoms with Crippen LogP contribution in [0.2, 0.25) is 0 Å². The van der Waals surface area contributed by atoms with Crippen molar-refractivity contribution >= 4 is 57.6 Å². The fourth-order valence-corrected chi connectivity index (χ4v) is 5.01. The Kier molecular flexibility index (Phi) is 7.87. The van der Waals surface area contributed by atoms with Crippen molar-refractivity contribution in [1.29, 1.82) is 0 Å². The molecule has 196 valence electrons. The summed E-state index contributed by atoms with van der Waals surface area (Å²) in [7, 11) is 0. The number of halogens is 1. The molecule has 1 atom stereocenters. The molecule has 2 heterocycles. The van der Waals surface area contributed by atoms with Gasteiger partial charge in [0.05, 0.1) is 11.4 Å². The Morgan fingerprint density at radius 2 is 1.73 bits per heavy atom. The molecule has 2 aromatic carbocycles. The van der Waals surface area contributed by atoms with Crippen LogP contribution in [-0.2, 0) is 19.1 Å². The molecule has 4 amide bonds. The Morgan fingerprint density at radius 1 is 1.05 bits per heavy atom. The number of benzene rings is 2. The molecule has 8 nitrogen and oxygen atoms in total. The molecule has 2 aliphatic heterocycles. The van der Waals surface area contributed by atoms with Crippen molar-refractivity contribution in [2.75, 3.05) is 29.2 Å². The second-order valence-electron chi connectivity index (χ2n) is 10.4. The van der Waals surface area contributed by atoms with E-state index in [2.05, 4.69) is 5.32 Å². The number of amides is 4. The van der Waals surface area contributed by atoms with E-state index >= 15 is 0 Å². The Bertz CT molecular complexity index is 1250. The quantitative estimate of drug-likeness (QED) is 0.285. The Balaban J connectivity index is 1.47. The summed E-state index contributed by atoms with van der Waals surface area (Å²) in [5, 5.41) is 4.85. The van der Waals surface area contributed by atoms with E-state index in [1.165, 1.54) is 17.1 Å². The molecule has 0 saturated heterocycles. The average molecular weight is 526 g/mol. The first-order valence-electron chi connectivity index (χ1n) is 12.5. The molecule has 2 aromatic rings. The zero-order valence-corrected chi connectivity index (χ0v) is 22.1. The second-order valence-corrected chi connectivity index (χ2v) is 10.7. The van der Waals surface area contributed by atoms with Gasteiger partial charge in [0.25, 0.3) is 11.8 Å². The Hall–Kier alpha value is -3.39. The van der Waals surface area contributed by atoms with E-state index in [1.807, 2.05) is 51.1 Å². The van der Waals surface area contributed by atoms with Crippen molar-refractivity contribution < 1.29 is 23.9 Å². The van der Waals surface area contributed by atoms with Gasteiger partial charge in [-0.3, -0.25) is 24.2 Å². The fraction of sp³-hybridized carbons (Fsp3) is 0.429. The number of hydrogen-bond acceptors (Lipinski definition) is 5. The maximum Gasteiger partial charge on any atom is 0.414 e. The highest BCUT2D eigenvalue weighted by molar-refractivity contribution is 6.19. The standard InChI is InChI=1S/C28H32ClN3O5/c1-28(2,3)37-27(36)32-17-18(16-29)26-20-10-7-6-9-19(20)21(15-22(26)32)30-23(33)11-5-4-8-14-31-24(34)12-13-25(31)35/h6-7,9-10,12-13,15,18H,4-5,8,11,14,16-17H2,1-3H3,(H,30,33). The van der Waals surface area contributed by atoms with Gasteiger partial charge in [0, 0.05) is 48.8 Å². The van der Waals surface area contributed by atoms with Gasteiger partial charge in [-0.15, -0.1) is 11.6 Å². The van der Waals surface area contributed by atoms with E-state index < -0.39 is 11.7 Å². The van der Waals surface area contributed by atoms with E-state index in [-0.39, 0.29) is 23.6 Å². The number of rotatable bonds is 8. The zero-order chi connectivity index (χ0) is 26.7. The highest BCUT2D eigenvalue weighted by Crippen LogP contribution is 2.45. The number of alkyl halides is 1. The summed E-state index contributed by atoms with van der Waals surface area (Å²) in [5.74, 6) is -0.419. The van der Waals surface area contributed by atoms with Crippen LogP contribution in [0.25, 0.3) is 10.8 Å². The van der Waals surface area contributed by atoms with Crippen LogP contribution in [0.3, 0.4) is 0 Å². The Labute approximate surface area is 221 Å². The molecule has 37 heavy (non-hydrogen) atoms. The van der Waals surface area contributed by atoms with Crippen molar-refractivity contribution in [2.24, 2.45) is 0 Å². The van der Waals surface area contributed by atoms with E-state index in [0.717, 1.165) is 16.3 Å². The second kappa shape index (κ2) is 10.9. The molecule has 0 aromatic heterocycles. The molecule has 1 N–H and O–H groups in total. The van der Waals surface area contributed by atoms with Crippen molar-refractivity contribution in [2.45, 2.75) is 58.0 Å². The number of imide groups is 1. The van der Waals surface area contributed by atoms with Crippen LogP contribution in [0.4, 0.5) is 16.2 Å². The van der Waals surface area contributed by atoms with Crippen molar-refractivity contribution in [3.63, 3.8) is 0 Å². The van der Waals surface area contributed by atoms with E-state index in [9.17, 15) is 19.2 Å². The highest BCUT2D eigenvalue weighted by Gasteiger charge is 2.36. The first kappa shape index (κ1) is 26.7. The number of anilines is 2. The van der Waals surface area contributed by atoms with Crippen molar-refractivity contribution in [1.82, 2.24) is 4.90 Å². The van der Waals surface area contributed by atoms with E-state index in [0.29, 0.717) is 56.0 Å². The number of hydrogen-bond donors (Lipinski definition) is 1. The summed E-state index contributed by atoms with van der Waals surface area (Å²) in [4.78, 5) is 51.9. The fourth-order valence-electron chi connectivity index (χ4n) is 4.76. The third kappa shape index (κ3) is 5.96. The molecule has 0 fully saturated rings. The number of fused-ring (bicyclic) bond motifs is 3. The van der Waals surface area contributed by atoms with Gasteiger partial charge < -0.3 is 10.1 Å². The maximum atomic E-state index is 13.0. The van der Waals surface area contributed by atoms with Gasteiger partial charge in [-0.25, -0.2) is 4.79 Å². The van der Waals surface area contributed by atoms with Crippen LogP contribution in [-0.4, -0.2) is 53.3 Å². The minimum Gasteiger partial charge on any atom is -0.443 e. The van der Waals surface area contributed by atoms with Crippen LogP contribution in [0.5, 0.6) is 0 Å². The normalized spacial score (nSPS) is 17.0. The smallest absolute Gasteiger partial charge is 0.414 e. The molecule has 0 spiro atoms. The van der Waals surface area contributed by atoms with Crippen LogP contribution in [0, 0.1) is 0 Å². The predicted octanol–water partition coefficient (Wildman–Crippen LogP) is 5.34. The SMILES string of the molecule is CC(C)(C)OC(=O)N1CC(CCl)c2c1cc(NC(=O)CCCCCN1C(=O)C=CC1=O)c1ccccc21. The number of unbranched alkanes of at least 4 members (excludes halogenated alkanes) is 2. The Morgan fingerprint density at radius 3 is 2.38 bits per heavy atom. The van der Waals surface area contributed by atoms with E-state index in [1.54, 1.807) is 4.90 Å². The summed E-state index contributed by atoms with van der Waals surface area (Å²) in [6, 6.07) is 9.61. The van der Waals surface area contributed by atoms with Crippen LogP contribution in [0.15, 0.2) is 42.5 Å². The summed E-state index contributed by atoms with van der Waals surface area (Å²) in [6.07, 6.45) is 4.37. The first-order valence-corrected chi connectivity index (χ1v) is 13.1. The lowest BCUT2D eigenvalue weighted by Crippen LogP contribution is -2.36. The van der Waals surface area contributed by atoms with Gasteiger partial charge in [-0.2, -0.15) is 0 Å². The zero-order valence-electron chi connectivity index (χ0n) is 21.4. The molecule has 4 rings (SSSR count). The average Bonchev–Trinajstić information content (AvgIpc) is 3.37. The number of nitrogens with zero attached hydrogens (tertiary/aromatic N) is 2. The highest BCUT2D eigenvalue weighted by atomic mass is 35.5. The molecular weight excluding hydrogens is 494 g/mol.